The molecule has 0 bridgehead atoms. The van der Waals surface area contributed by atoms with Crippen LogP contribution in [0.3, 0.4) is 0 Å². The van der Waals surface area contributed by atoms with Crippen LogP contribution in [0, 0.1) is 20.8 Å². The highest BCUT2D eigenvalue weighted by Gasteiger charge is 2.24. The van der Waals surface area contributed by atoms with Gasteiger partial charge >= 0.3 is 0 Å². The zero-order valence-electron chi connectivity index (χ0n) is 17.5. The lowest BCUT2D eigenvalue weighted by Gasteiger charge is -2.11. The molecule has 0 fully saturated rings. The Labute approximate surface area is 157 Å². The Morgan fingerprint density at radius 3 is 2.38 bits per heavy atom. The number of rotatable bonds is 2. The molecule has 0 radical (unpaired) electrons. The Balaban J connectivity index is 2.26. The van der Waals surface area contributed by atoms with Gasteiger partial charge in [-0.1, -0.05) is 31.5 Å². The molecule has 2 nitrogen and oxygen atoms in total. The van der Waals surface area contributed by atoms with Crippen molar-refractivity contribution in [1.29, 1.82) is 0 Å². The van der Waals surface area contributed by atoms with Crippen molar-refractivity contribution in [2.24, 2.45) is 7.05 Å². The van der Waals surface area contributed by atoms with Gasteiger partial charge in [-0.3, -0.25) is 0 Å². The number of benzene rings is 2. The van der Waals surface area contributed by atoms with E-state index >= 15 is 0 Å². The Morgan fingerprint density at radius 2 is 1.65 bits per heavy atom. The van der Waals surface area contributed by atoms with Crippen molar-refractivity contribution < 1.29 is 5.94 Å². The molecular weight excluding hydrogens is 316 g/mol. The molecule has 0 aliphatic carbocycles. The van der Waals surface area contributed by atoms with Crippen LogP contribution in [0.5, 0.6) is 0 Å². The molecule has 132 valence electrons. The molecule has 0 saturated heterocycles. The van der Waals surface area contributed by atoms with Crippen LogP contribution in [0.1, 0.15) is 43.4 Å². The molecule has 0 amide bonds. The van der Waals surface area contributed by atoms with Crippen molar-refractivity contribution in [1.82, 2.24) is 4.57 Å². The number of aromatic nitrogens is 2. The molecule has 2 heterocycles. The number of hydrogen-bond acceptors (Lipinski definition) is 0. The molecule has 26 heavy (non-hydrogen) atoms. The standard InChI is InChI=1S/C24H27N2/c1-15(2)19-8-9-20-21-13-16(3)7-10-22(21)26(24(20)18(19)5)23-14-17(4)11-12-25(23)6/h7-15H,1-6H3/q+1/i12D. The van der Waals surface area contributed by atoms with Crippen molar-refractivity contribution in [2.45, 2.75) is 40.5 Å². The lowest BCUT2D eigenvalue weighted by Crippen LogP contribution is -2.33. The number of fused-ring (bicyclic) bond motifs is 3. The zero-order valence-corrected chi connectivity index (χ0v) is 16.5. The summed E-state index contributed by atoms with van der Waals surface area (Å²) in [7, 11) is 1.98. The van der Waals surface area contributed by atoms with Crippen molar-refractivity contribution in [3.05, 3.63) is 70.9 Å². The SMILES string of the molecule is [2H]c1cc(C)cc(-n2c3ccc(C)cc3c3ccc(C(C)C)c(C)c32)[n+]1C. The number of nitrogens with zero attached hydrogens (tertiary/aromatic N) is 2. The topological polar surface area (TPSA) is 8.81 Å². The summed E-state index contributed by atoms with van der Waals surface area (Å²) < 4.78 is 12.7. The van der Waals surface area contributed by atoms with E-state index in [1.807, 2.05) is 17.7 Å². The fourth-order valence-corrected chi connectivity index (χ4v) is 4.09. The molecule has 0 atom stereocenters. The minimum atomic E-state index is 0.473. The maximum absolute atomic E-state index is 8.37. The van der Waals surface area contributed by atoms with Crippen molar-refractivity contribution in [3.63, 3.8) is 0 Å². The summed E-state index contributed by atoms with van der Waals surface area (Å²) in [4.78, 5) is 0. The van der Waals surface area contributed by atoms with E-state index in [-0.39, 0.29) is 0 Å². The van der Waals surface area contributed by atoms with Gasteiger partial charge in [0.1, 0.15) is 12.4 Å². The van der Waals surface area contributed by atoms with Crippen LogP contribution in [0.15, 0.2) is 48.6 Å². The highest BCUT2D eigenvalue weighted by Crippen LogP contribution is 2.36. The van der Waals surface area contributed by atoms with E-state index in [0.29, 0.717) is 12.1 Å². The molecule has 4 rings (SSSR count). The van der Waals surface area contributed by atoms with E-state index in [9.17, 15) is 0 Å². The van der Waals surface area contributed by atoms with E-state index in [4.69, 9.17) is 1.37 Å². The lowest BCUT2D eigenvalue weighted by molar-refractivity contribution is -0.665. The zero-order chi connectivity index (χ0) is 19.5. The summed E-state index contributed by atoms with van der Waals surface area (Å²) in [5.74, 6) is 1.51. The van der Waals surface area contributed by atoms with E-state index < -0.39 is 0 Å². The molecule has 2 heteroatoms. The van der Waals surface area contributed by atoms with Gasteiger partial charge in [0.05, 0.1) is 13.2 Å². The van der Waals surface area contributed by atoms with Gasteiger partial charge in [-0.15, -0.1) is 0 Å². The first-order valence-corrected chi connectivity index (χ1v) is 9.31. The monoisotopic (exact) mass is 344 g/mol. The van der Waals surface area contributed by atoms with E-state index in [1.54, 1.807) is 0 Å². The summed E-state index contributed by atoms with van der Waals surface area (Å²) >= 11 is 0. The van der Waals surface area contributed by atoms with Crippen LogP contribution in [-0.2, 0) is 7.05 Å². The minimum absolute atomic E-state index is 0.473. The molecule has 2 aromatic carbocycles. The lowest BCUT2D eigenvalue weighted by atomic mass is 9.95. The fourth-order valence-electron chi connectivity index (χ4n) is 4.09. The van der Waals surface area contributed by atoms with Gasteiger partial charge in [-0.05, 0) is 62.1 Å². The second-order valence-electron chi connectivity index (χ2n) is 7.77. The molecule has 0 aliphatic rings. The summed E-state index contributed by atoms with van der Waals surface area (Å²) in [6, 6.07) is 15.3. The fraction of sp³-hybridized carbons (Fsp3) is 0.292. The van der Waals surface area contributed by atoms with Crippen molar-refractivity contribution in [3.8, 4) is 5.82 Å². The van der Waals surface area contributed by atoms with E-state index in [0.717, 1.165) is 11.4 Å². The smallest absolute Gasteiger partial charge is 0.237 e. The summed E-state index contributed by atoms with van der Waals surface area (Å²) in [6.45, 7) is 10.9. The van der Waals surface area contributed by atoms with Gasteiger partial charge < -0.3 is 0 Å². The molecule has 4 aromatic rings. The van der Waals surface area contributed by atoms with Crippen LogP contribution < -0.4 is 4.57 Å². The molecule has 0 spiro atoms. The predicted octanol–water partition coefficient (Wildman–Crippen LogP) is 5.66. The Hall–Kier alpha value is -2.61. The third-order valence-corrected chi connectivity index (χ3v) is 5.42. The van der Waals surface area contributed by atoms with Crippen LogP contribution in [-0.4, -0.2) is 4.57 Å². The normalized spacial score (nSPS) is 12.3. The summed E-state index contributed by atoms with van der Waals surface area (Å²) in [6.07, 6.45) is 0.518. The third-order valence-electron chi connectivity index (χ3n) is 5.42. The first kappa shape index (κ1) is 15.6. The Kier molecular flexibility index (Phi) is 3.59. The van der Waals surface area contributed by atoms with Crippen molar-refractivity contribution in [2.75, 3.05) is 0 Å². The highest BCUT2D eigenvalue weighted by molar-refractivity contribution is 6.10. The summed E-state index contributed by atoms with van der Waals surface area (Å²) in [5, 5.41) is 2.56. The first-order chi connectivity index (χ1) is 12.8. The van der Waals surface area contributed by atoms with Gasteiger partial charge in [0.25, 0.3) is 5.82 Å². The average molecular weight is 345 g/mol. The molecule has 2 aromatic heterocycles. The molecular formula is C24H27N2+. The van der Waals surface area contributed by atoms with E-state index in [2.05, 4.69) is 75.6 Å². The minimum Gasteiger partial charge on any atom is -0.237 e. The quantitative estimate of drug-likeness (QED) is 0.415. The molecule has 0 N–H and O–H groups in total. The summed E-state index contributed by atoms with van der Waals surface area (Å²) in [5.41, 5.74) is 7.52. The van der Waals surface area contributed by atoms with Crippen LogP contribution in [0.2, 0.25) is 0 Å². The number of hydrogen-bond donors (Lipinski definition) is 0. The average Bonchev–Trinajstić information content (AvgIpc) is 2.92. The van der Waals surface area contributed by atoms with Crippen molar-refractivity contribution >= 4 is 21.8 Å². The predicted molar refractivity (Wildman–Crippen MR) is 110 cm³/mol. The van der Waals surface area contributed by atoms with Gasteiger partial charge in [0, 0.05) is 22.4 Å². The largest absolute Gasteiger partial charge is 0.286 e. The van der Waals surface area contributed by atoms with Gasteiger partial charge in [-0.25, -0.2) is 4.57 Å². The van der Waals surface area contributed by atoms with Crippen LogP contribution in [0.25, 0.3) is 27.6 Å². The molecule has 0 aliphatic heterocycles. The first-order valence-electron chi connectivity index (χ1n) is 9.81. The Morgan fingerprint density at radius 1 is 0.923 bits per heavy atom. The molecule has 0 saturated carbocycles. The maximum Gasteiger partial charge on any atom is 0.286 e. The maximum atomic E-state index is 8.37. The van der Waals surface area contributed by atoms with Crippen LogP contribution >= 0.6 is 0 Å². The number of pyridine rings is 1. The van der Waals surface area contributed by atoms with Gasteiger partial charge in [0.15, 0.2) is 0 Å². The second kappa shape index (κ2) is 5.98. The second-order valence-corrected chi connectivity index (χ2v) is 7.77. The number of aryl methyl sites for hydroxylation is 3. The van der Waals surface area contributed by atoms with Crippen LogP contribution in [0.4, 0.5) is 0 Å². The van der Waals surface area contributed by atoms with Gasteiger partial charge in [0.2, 0.25) is 0 Å². The Bertz CT molecular complexity index is 1200. The van der Waals surface area contributed by atoms with E-state index in [1.165, 1.54) is 38.5 Å². The highest BCUT2D eigenvalue weighted by atomic mass is 15.1. The van der Waals surface area contributed by atoms with Gasteiger partial charge in [-0.2, -0.15) is 4.57 Å². The molecule has 0 unspecified atom stereocenters. The third kappa shape index (κ3) is 2.44.